The van der Waals surface area contributed by atoms with Crippen LogP contribution < -0.4 is 0 Å². The van der Waals surface area contributed by atoms with Gasteiger partial charge in [0.05, 0.1) is 11.7 Å². The van der Waals surface area contributed by atoms with Gasteiger partial charge in [0.15, 0.2) is 17.5 Å². The molecule has 0 aliphatic carbocycles. The van der Waals surface area contributed by atoms with Crippen LogP contribution in [0, 0.1) is 23.4 Å². The van der Waals surface area contributed by atoms with E-state index in [4.69, 9.17) is 4.74 Å². The van der Waals surface area contributed by atoms with Crippen LogP contribution in [0.25, 0.3) is 0 Å². The quantitative estimate of drug-likeness (QED) is 0.847. The Bertz CT molecular complexity index is 532. The lowest BCUT2D eigenvalue weighted by atomic mass is 9.80. The summed E-state index contributed by atoms with van der Waals surface area (Å²) < 4.78 is 46.0. The van der Waals surface area contributed by atoms with Crippen LogP contribution in [0.4, 0.5) is 13.2 Å². The first kappa shape index (κ1) is 15.2. The zero-order valence-corrected chi connectivity index (χ0v) is 12.3. The van der Waals surface area contributed by atoms with Crippen molar-refractivity contribution in [1.82, 2.24) is 0 Å². The van der Waals surface area contributed by atoms with Crippen molar-refractivity contribution in [3.05, 3.63) is 35.1 Å². The highest BCUT2D eigenvalue weighted by Crippen LogP contribution is 2.44. The van der Waals surface area contributed by atoms with Crippen molar-refractivity contribution in [1.29, 1.82) is 0 Å². The van der Waals surface area contributed by atoms with Crippen molar-refractivity contribution in [2.75, 3.05) is 18.1 Å². The molecule has 2 aliphatic heterocycles. The molecule has 2 heterocycles. The zero-order chi connectivity index (χ0) is 15.0. The third-order valence-electron chi connectivity index (χ3n) is 4.43. The van der Waals surface area contributed by atoms with E-state index in [1.807, 2.05) is 0 Å². The van der Waals surface area contributed by atoms with Crippen molar-refractivity contribution in [2.45, 2.75) is 31.0 Å². The van der Waals surface area contributed by atoms with Crippen molar-refractivity contribution in [2.24, 2.45) is 5.92 Å². The van der Waals surface area contributed by atoms with Gasteiger partial charge in [0.25, 0.3) is 0 Å². The van der Waals surface area contributed by atoms with Crippen LogP contribution in [0.15, 0.2) is 12.1 Å². The summed E-state index contributed by atoms with van der Waals surface area (Å²) in [4.78, 5) is 0. The van der Waals surface area contributed by atoms with E-state index >= 15 is 0 Å². The molecule has 0 aromatic heterocycles. The van der Waals surface area contributed by atoms with E-state index in [9.17, 15) is 18.3 Å². The molecule has 116 valence electrons. The van der Waals surface area contributed by atoms with Crippen LogP contribution in [0.1, 0.15) is 30.9 Å². The lowest BCUT2D eigenvalue weighted by Gasteiger charge is -2.39. The Labute approximate surface area is 125 Å². The van der Waals surface area contributed by atoms with Crippen molar-refractivity contribution in [3.8, 4) is 0 Å². The van der Waals surface area contributed by atoms with Gasteiger partial charge in [-0.2, -0.15) is 11.8 Å². The third-order valence-corrected chi connectivity index (χ3v) is 5.65. The summed E-state index contributed by atoms with van der Waals surface area (Å²) in [5.74, 6) is -2.36. The van der Waals surface area contributed by atoms with E-state index in [-0.39, 0.29) is 17.1 Å². The Morgan fingerprint density at radius 1 is 1.29 bits per heavy atom. The van der Waals surface area contributed by atoms with Gasteiger partial charge in [0.2, 0.25) is 0 Å². The number of aliphatic hydroxyl groups excluding tert-OH is 1. The minimum Gasteiger partial charge on any atom is -0.388 e. The Morgan fingerprint density at radius 2 is 2.10 bits per heavy atom. The van der Waals surface area contributed by atoms with E-state index in [1.165, 1.54) is 0 Å². The first-order chi connectivity index (χ1) is 10.0. The second-order valence-corrected chi connectivity index (χ2v) is 6.90. The first-order valence-electron chi connectivity index (χ1n) is 7.06. The first-order valence-corrected chi connectivity index (χ1v) is 8.21. The molecule has 2 nitrogen and oxygen atoms in total. The number of halogens is 3. The average Bonchev–Trinajstić information content (AvgIpc) is 2.92. The smallest absolute Gasteiger partial charge is 0.194 e. The lowest BCUT2D eigenvalue weighted by molar-refractivity contribution is -0.102. The topological polar surface area (TPSA) is 29.5 Å². The van der Waals surface area contributed by atoms with Crippen LogP contribution >= 0.6 is 11.8 Å². The number of hydrogen-bond donors (Lipinski definition) is 1. The fourth-order valence-corrected chi connectivity index (χ4v) is 4.60. The summed E-state index contributed by atoms with van der Waals surface area (Å²) in [6.07, 6.45) is 0.999. The zero-order valence-electron chi connectivity index (χ0n) is 11.4. The fraction of sp³-hybridized carbons (Fsp3) is 0.600. The largest absolute Gasteiger partial charge is 0.388 e. The normalized spacial score (nSPS) is 30.8. The molecule has 2 saturated heterocycles. The molecule has 3 rings (SSSR count). The second kappa shape index (κ2) is 5.82. The average molecular weight is 318 g/mol. The van der Waals surface area contributed by atoms with Gasteiger partial charge in [-0.25, -0.2) is 13.2 Å². The summed E-state index contributed by atoms with van der Waals surface area (Å²) in [6, 6.07) is 1.99. The van der Waals surface area contributed by atoms with Crippen LogP contribution in [0.2, 0.25) is 0 Å². The van der Waals surface area contributed by atoms with E-state index in [0.29, 0.717) is 19.4 Å². The molecule has 1 N–H and O–H groups in total. The third kappa shape index (κ3) is 2.81. The van der Waals surface area contributed by atoms with Crippen molar-refractivity contribution in [3.63, 3.8) is 0 Å². The lowest BCUT2D eigenvalue weighted by Crippen LogP contribution is -2.41. The van der Waals surface area contributed by atoms with E-state index in [0.717, 1.165) is 30.1 Å². The van der Waals surface area contributed by atoms with Gasteiger partial charge in [-0.3, -0.25) is 0 Å². The minimum absolute atomic E-state index is 0.165. The van der Waals surface area contributed by atoms with E-state index in [1.54, 1.807) is 11.8 Å². The number of benzene rings is 1. The Kier molecular flexibility index (Phi) is 4.21. The molecule has 1 aromatic rings. The maximum absolute atomic E-state index is 13.8. The van der Waals surface area contributed by atoms with Crippen molar-refractivity contribution >= 4 is 11.8 Å². The fourth-order valence-electron chi connectivity index (χ4n) is 3.22. The van der Waals surface area contributed by atoms with E-state index in [2.05, 4.69) is 0 Å². The molecule has 2 aliphatic rings. The maximum Gasteiger partial charge on any atom is 0.194 e. The number of thioether (sulfide) groups is 1. The number of rotatable bonds is 2. The Hall–Kier alpha value is -0.720. The molecular formula is C15H17F3O2S. The van der Waals surface area contributed by atoms with Gasteiger partial charge < -0.3 is 9.84 Å². The highest BCUT2D eigenvalue weighted by atomic mass is 32.2. The summed E-state index contributed by atoms with van der Waals surface area (Å²) in [5, 5.41) is 10.4. The Morgan fingerprint density at radius 3 is 2.81 bits per heavy atom. The van der Waals surface area contributed by atoms with Gasteiger partial charge in [-0.15, -0.1) is 0 Å². The van der Waals surface area contributed by atoms with Gasteiger partial charge >= 0.3 is 0 Å². The van der Waals surface area contributed by atoms with Crippen LogP contribution in [-0.2, 0) is 4.74 Å². The van der Waals surface area contributed by atoms with Gasteiger partial charge in [0.1, 0.15) is 0 Å². The van der Waals surface area contributed by atoms with Gasteiger partial charge in [-0.1, -0.05) is 6.07 Å². The van der Waals surface area contributed by atoms with Crippen LogP contribution in [-0.4, -0.2) is 28.8 Å². The molecule has 0 saturated carbocycles. The number of aliphatic hydroxyl groups is 1. The van der Waals surface area contributed by atoms with Gasteiger partial charge in [-0.05, 0) is 37.0 Å². The monoisotopic (exact) mass is 318 g/mol. The molecule has 0 radical (unpaired) electrons. The molecule has 1 aromatic carbocycles. The molecule has 1 spiro atoms. The molecule has 21 heavy (non-hydrogen) atoms. The standard InChI is InChI=1S/C15H17F3O2S/c16-11-2-1-10(12(17)13(11)18)14(19)9-3-5-20-15(7-9)4-6-21-8-15/h1-2,9,14,19H,3-8H2. The molecule has 0 amide bonds. The summed E-state index contributed by atoms with van der Waals surface area (Å²) >= 11 is 1.81. The van der Waals surface area contributed by atoms with Crippen molar-refractivity contribution < 1.29 is 23.0 Å². The molecule has 0 bridgehead atoms. The Balaban J connectivity index is 1.81. The number of ether oxygens (including phenoxy) is 1. The van der Waals surface area contributed by atoms with E-state index < -0.39 is 23.6 Å². The molecule has 6 heteroatoms. The predicted octanol–water partition coefficient (Wildman–Crippen LogP) is 3.44. The summed E-state index contributed by atoms with van der Waals surface area (Å²) in [6.45, 7) is 0.508. The highest BCUT2D eigenvalue weighted by Gasteiger charge is 2.43. The maximum atomic E-state index is 13.8. The molecule has 3 unspecified atom stereocenters. The van der Waals surface area contributed by atoms with Gasteiger partial charge in [0, 0.05) is 17.9 Å². The molecule has 3 atom stereocenters. The predicted molar refractivity (Wildman–Crippen MR) is 74.6 cm³/mol. The SMILES string of the molecule is OC(c1ccc(F)c(F)c1F)C1CCOC2(CCSC2)C1. The van der Waals surface area contributed by atoms with Crippen LogP contribution in [0.5, 0.6) is 0 Å². The summed E-state index contributed by atoms with van der Waals surface area (Å²) in [7, 11) is 0. The second-order valence-electron chi connectivity index (χ2n) is 5.80. The molecular weight excluding hydrogens is 301 g/mol. The van der Waals surface area contributed by atoms with Crippen LogP contribution in [0.3, 0.4) is 0 Å². The summed E-state index contributed by atoms with van der Waals surface area (Å²) in [5.41, 5.74) is -0.412. The highest BCUT2D eigenvalue weighted by molar-refractivity contribution is 7.99. The molecule has 2 fully saturated rings. The number of hydrogen-bond acceptors (Lipinski definition) is 3. The minimum atomic E-state index is -1.52.